The van der Waals surface area contributed by atoms with Crippen molar-refractivity contribution in [3.05, 3.63) is 95.6 Å². The molecule has 28 heavy (non-hydrogen) atoms. The summed E-state index contributed by atoms with van der Waals surface area (Å²) in [6.45, 7) is 4.48. The van der Waals surface area contributed by atoms with Crippen molar-refractivity contribution in [2.45, 2.75) is 37.3 Å². The van der Waals surface area contributed by atoms with Gasteiger partial charge in [0, 0.05) is 11.9 Å². The Morgan fingerprint density at radius 1 is 0.857 bits per heavy atom. The van der Waals surface area contributed by atoms with Crippen LogP contribution in [0, 0.1) is 0 Å². The van der Waals surface area contributed by atoms with Crippen LogP contribution in [-0.4, -0.2) is 20.6 Å². The molecule has 0 saturated carbocycles. The lowest BCUT2D eigenvalue weighted by Gasteiger charge is -2.14. The van der Waals surface area contributed by atoms with E-state index in [1.54, 1.807) is 0 Å². The van der Waals surface area contributed by atoms with E-state index >= 15 is 0 Å². The quantitative estimate of drug-likeness (QED) is 0.323. The molecule has 0 spiro atoms. The van der Waals surface area contributed by atoms with Crippen molar-refractivity contribution < 1.29 is 0 Å². The fraction of sp³-hybridized carbons (Fsp3) is 0.240. The molecule has 0 radical (unpaired) electrons. The lowest BCUT2D eigenvalue weighted by molar-refractivity contribution is 1.09. The van der Waals surface area contributed by atoms with Crippen molar-refractivity contribution in [3.8, 4) is 0 Å². The molecule has 0 aromatic heterocycles. The van der Waals surface area contributed by atoms with Gasteiger partial charge in [-0.2, -0.15) is 0 Å². The third kappa shape index (κ3) is 6.09. The molecular formula is C25H29AlN2. The molecule has 0 amide bonds. The average molecular weight is 385 g/mol. The van der Waals surface area contributed by atoms with Gasteiger partial charge in [0.1, 0.15) is 0 Å². The van der Waals surface area contributed by atoms with Crippen LogP contribution in [-0.2, 0) is 12.8 Å². The molecule has 3 aromatic carbocycles. The van der Waals surface area contributed by atoms with E-state index in [1.807, 2.05) is 6.21 Å². The average Bonchev–Trinajstić information content (AvgIpc) is 2.76. The zero-order valence-electron chi connectivity index (χ0n) is 16.9. The van der Waals surface area contributed by atoms with Crippen molar-refractivity contribution in [1.82, 2.24) is 0 Å². The van der Waals surface area contributed by atoms with Gasteiger partial charge in [0.2, 0.25) is 0 Å². The minimum atomic E-state index is -1.01. The predicted molar refractivity (Wildman–Crippen MR) is 124 cm³/mol. The topological polar surface area (TPSA) is 24.4 Å². The third-order valence-corrected chi connectivity index (χ3v) is 7.86. The highest BCUT2D eigenvalue weighted by molar-refractivity contribution is 6.62. The van der Waals surface area contributed by atoms with E-state index < -0.39 is 14.4 Å². The Balaban J connectivity index is 1.64. The first-order chi connectivity index (χ1) is 13.8. The number of hydrogen-bond acceptors (Lipinski definition) is 2. The molecule has 1 N–H and O–H groups in total. The summed E-state index contributed by atoms with van der Waals surface area (Å²) in [5, 5.41) is 2.48. The molecule has 0 atom stereocenters. The van der Waals surface area contributed by atoms with Gasteiger partial charge >= 0.3 is 14.4 Å². The van der Waals surface area contributed by atoms with Crippen LogP contribution >= 0.6 is 0 Å². The largest absolute Gasteiger partial charge is 0.476 e. The second-order valence-electron chi connectivity index (χ2n) is 7.13. The number of nitrogens with one attached hydrogen (secondary N) is 1. The molecule has 3 heteroatoms. The van der Waals surface area contributed by atoms with Crippen LogP contribution < -0.4 is 4.30 Å². The highest BCUT2D eigenvalue weighted by Crippen LogP contribution is 2.17. The van der Waals surface area contributed by atoms with Gasteiger partial charge in [0.05, 0.1) is 5.69 Å². The monoisotopic (exact) mass is 384 g/mol. The molecule has 3 rings (SSSR count). The molecule has 0 fully saturated rings. The molecule has 0 aliphatic heterocycles. The Kier molecular flexibility index (Phi) is 7.91. The Labute approximate surface area is 174 Å². The number of rotatable bonds is 9. The number of aryl methyl sites for hydroxylation is 2. The van der Waals surface area contributed by atoms with Gasteiger partial charge in [-0.25, -0.2) is 0 Å². The molecule has 0 unspecified atom stereocenters. The lowest BCUT2D eigenvalue weighted by Crippen LogP contribution is -2.24. The van der Waals surface area contributed by atoms with E-state index in [0.29, 0.717) is 0 Å². The molecule has 142 valence electrons. The molecule has 0 heterocycles. The van der Waals surface area contributed by atoms with Crippen molar-refractivity contribution >= 4 is 32.0 Å². The van der Waals surface area contributed by atoms with Crippen LogP contribution in [0.4, 0.5) is 11.4 Å². The highest BCUT2D eigenvalue weighted by Gasteiger charge is 2.16. The summed E-state index contributed by atoms with van der Waals surface area (Å²) in [7, 11) is 0. The zero-order chi connectivity index (χ0) is 19.6. The maximum Gasteiger partial charge on any atom is 0.411 e. The second-order valence-corrected chi connectivity index (χ2v) is 10.2. The van der Waals surface area contributed by atoms with E-state index in [-0.39, 0.29) is 0 Å². The second kappa shape index (κ2) is 10.9. The van der Waals surface area contributed by atoms with Gasteiger partial charge in [0.15, 0.2) is 0 Å². The fourth-order valence-electron chi connectivity index (χ4n) is 3.33. The lowest BCUT2D eigenvalue weighted by atomic mass is 10.1. The number of hydrogen-bond donors (Lipinski definition) is 1. The van der Waals surface area contributed by atoms with Crippen LogP contribution in [0.15, 0.2) is 83.9 Å². The van der Waals surface area contributed by atoms with E-state index in [1.165, 1.54) is 32.9 Å². The Bertz CT molecular complexity index is 873. The van der Waals surface area contributed by atoms with E-state index in [4.69, 9.17) is 4.99 Å². The van der Waals surface area contributed by atoms with Gasteiger partial charge in [-0.15, -0.1) is 0 Å². The first kappa shape index (κ1) is 20.4. The highest BCUT2D eigenvalue weighted by atomic mass is 27.2. The van der Waals surface area contributed by atoms with E-state index in [2.05, 4.69) is 97.0 Å². The van der Waals surface area contributed by atoms with Gasteiger partial charge < -0.3 is 4.30 Å². The normalized spacial score (nSPS) is 10.9. The number of anilines is 1. The number of para-hydroxylation sites is 1. The summed E-state index contributed by atoms with van der Waals surface area (Å²) < 4.78 is 3.79. The number of nitrogens with zero attached hydrogens (tertiary/aromatic N) is 1. The maximum absolute atomic E-state index is 4.70. The van der Waals surface area contributed by atoms with Gasteiger partial charge in [-0.1, -0.05) is 79.0 Å². The van der Waals surface area contributed by atoms with Crippen LogP contribution in [0.1, 0.15) is 30.5 Å². The van der Waals surface area contributed by atoms with Gasteiger partial charge in [-0.3, -0.25) is 4.99 Å². The Hall–Kier alpha value is -2.34. The molecule has 0 aliphatic rings. The summed E-state index contributed by atoms with van der Waals surface area (Å²) in [6, 6.07) is 27.8. The maximum atomic E-state index is 4.70. The SMILES string of the molecule is CCc1ccc(N=Cc2ccccc2C[CH2][Al]([CH2]C)[NH]c2ccccc2)cc1. The molecule has 0 saturated heterocycles. The standard InChI is InChI=1S/C17H18N.C6H6N.C2H5.Al/c1-3-14-9-11-17(12-10-14)18-13-16-8-6-5-7-15(16)4-2;7-6-4-2-1-3-5-6;1-2;/h5-13H,2-4H2,1H3;1-5,7H;1H2,2H3;/q;-1;;+1. The minimum Gasteiger partial charge on any atom is -0.476 e. The fourth-order valence-corrected chi connectivity index (χ4v) is 5.41. The van der Waals surface area contributed by atoms with Crippen LogP contribution in [0.3, 0.4) is 0 Å². The van der Waals surface area contributed by atoms with Crippen molar-refractivity contribution in [2.24, 2.45) is 4.99 Å². The number of benzene rings is 3. The van der Waals surface area contributed by atoms with Crippen LogP contribution in [0.2, 0.25) is 10.6 Å². The predicted octanol–water partition coefficient (Wildman–Crippen LogP) is 6.67. The van der Waals surface area contributed by atoms with Crippen LogP contribution in [0.25, 0.3) is 0 Å². The van der Waals surface area contributed by atoms with Crippen molar-refractivity contribution in [3.63, 3.8) is 0 Å². The summed E-state index contributed by atoms with van der Waals surface area (Å²) in [4.78, 5) is 4.70. The summed E-state index contributed by atoms with van der Waals surface area (Å²) in [5.74, 6) is 0. The molecule has 3 aromatic rings. The Morgan fingerprint density at radius 3 is 2.29 bits per heavy atom. The third-order valence-electron chi connectivity index (χ3n) is 5.15. The molecule has 0 aliphatic carbocycles. The van der Waals surface area contributed by atoms with Crippen molar-refractivity contribution in [1.29, 1.82) is 0 Å². The molecule has 0 bridgehead atoms. The van der Waals surface area contributed by atoms with Crippen LogP contribution in [0.5, 0.6) is 0 Å². The Morgan fingerprint density at radius 2 is 1.57 bits per heavy atom. The first-order valence-electron chi connectivity index (χ1n) is 10.3. The van der Waals surface area contributed by atoms with E-state index in [9.17, 15) is 0 Å². The smallest absolute Gasteiger partial charge is 0.411 e. The first-order valence-corrected chi connectivity index (χ1v) is 12.5. The molecular weight excluding hydrogens is 355 g/mol. The van der Waals surface area contributed by atoms with Gasteiger partial charge in [0.25, 0.3) is 0 Å². The van der Waals surface area contributed by atoms with Crippen molar-refractivity contribution in [2.75, 3.05) is 4.30 Å². The summed E-state index contributed by atoms with van der Waals surface area (Å²) in [5.41, 5.74) is 6.23. The molecule has 2 nitrogen and oxygen atoms in total. The summed E-state index contributed by atoms with van der Waals surface area (Å²) >= 11 is -1.01. The number of aliphatic imine (C=N–C) groups is 1. The van der Waals surface area contributed by atoms with Gasteiger partial charge in [-0.05, 0) is 53.8 Å². The zero-order valence-corrected chi connectivity index (χ0v) is 18.1. The van der Waals surface area contributed by atoms with E-state index in [0.717, 1.165) is 18.5 Å². The summed E-state index contributed by atoms with van der Waals surface area (Å²) in [6.07, 6.45) is 4.18. The minimum absolute atomic E-state index is 1.01.